The molecule has 0 spiro atoms. The molecule has 3 aromatic carbocycles. The number of carbonyl (C=O) groups excluding carboxylic acids is 2. The van der Waals surface area contributed by atoms with Crippen molar-refractivity contribution in [1.82, 2.24) is 0 Å². The monoisotopic (exact) mass is 452 g/mol. The lowest BCUT2D eigenvalue weighted by Crippen LogP contribution is -2.49. The van der Waals surface area contributed by atoms with Crippen molar-refractivity contribution >= 4 is 23.3 Å². The number of hydrogen-bond acceptors (Lipinski definition) is 3. The Balaban J connectivity index is 1.92. The van der Waals surface area contributed by atoms with Crippen LogP contribution in [0.3, 0.4) is 0 Å². The smallest absolute Gasteiger partial charge is 0.193 e. The summed E-state index contributed by atoms with van der Waals surface area (Å²) in [4.78, 5) is 29.1. The molecule has 0 amide bonds. The molecule has 2 nitrogen and oxygen atoms in total. The minimum atomic E-state index is -0.916. The summed E-state index contributed by atoms with van der Waals surface area (Å²) in [6.45, 7) is 4.25. The maximum atomic E-state index is 14.6. The van der Waals surface area contributed by atoms with Gasteiger partial charge in [-0.15, -0.1) is 11.8 Å². The maximum absolute atomic E-state index is 14.6. The van der Waals surface area contributed by atoms with Gasteiger partial charge in [-0.05, 0) is 30.4 Å². The van der Waals surface area contributed by atoms with E-state index < -0.39 is 10.8 Å². The molecule has 3 aromatic rings. The van der Waals surface area contributed by atoms with Crippen LogP contribution in [-0.2, 0) is 5.41 Å². The van der Waals surface area contributed by atoms with Gasteiger partial charge in [-0.25, -0.2) is 0 Å². The zero-order valence-electron chi connectivity index (χ0n) is 19.2. The van der Waals surface area contributed by atoms with Crippen molar-refractivity contribution in [3.8, 4) is 0 Å². The van der Waals surface area contributed by atoms with Crippen LogP contribution in [0.2, 0.25) is 0 Å². The normalized spacial score (nSPS) is 21.7. The third kappa shape index (κ3) is 3.91. The average molecular weight is 453 g/mol. The SMILES string of the molecule is CCC1(C)C=CC=CC1(C(=O)c1ccccc1C(=O)c1ccccc1)c1ccc(SC)cc1. The standard InChI is InChI=1S/C30H28O2S/c1-4-29(2)20-10-11-21-30(29,23-16-18-24(33-3)19-17-23)28(32)26-15-9-8-14-25(26)27(31)22-12-6-5-7-13-22/h5-21H,4H2,1-3H3. The summed E-state index contributed by atoms with van der Waals surface area (Å²) in [5.74, 6) is -0.190. The van der Waals surface area contributed by atoms with Crippen LogP contribution in [0.15, 0.2) is 108 Å². The van der Waals surface area contributed by atoms with E-state index in [1.54, 1.807) is 36.0 Å². The molecular weight excluding hydrogens is 424 g/mol. The minimum absolute atomic E-state index is 0.0516. The van der Waals surface area contributed by atoms with Gasteiger partial charge in [0.05, 0.1) is 5.41 Å². The fourth-order valence-electron chi connectivity index (χ4n) is 4.77. The lowest BCUT2D eigenvalue weighted by atomic mass is 9.54. The van der Waals surface area contributed by atoms with Crippen LogP contribution in [0, 0.1) is 5.41 Å². The zero-order chi connectivity index (χ0) is 23.5. The quantitative estimate of drug-likeness (QED) is 0.278. The van der Waals surface area contributed by atoms with Gasteiger partial charge >= 0.3 is 0 Å². The number of Topliss-reactive ketones (excluding diaryl/α,β-unsaturated/α-hetero) is 1. The number of rotatable bonds is 7. The van der Waals surface area contributed by atoms with Crippen molar-refractivity contribution in [3.63, 3.8) is 0 Å². The van der Waals surface area contributed by atoms with Gasteiger partial charge in [0.25, 0.3) is 0 Å². The summed E-state index contributed by atoms with van der Waals surface area (Å²) in [6, 6.07) is 24.6. The Morgan fingerprint density at radius 1 is 0.788 bits per heavy atom. The summed E-state index contributed by atoms with van der Waals surface area (Å²) in [7, 11) is 0. The van der Waals surface area contributed by atoms with E-state index >= 15 is 0 Å². The van der Waals surface area contributed by atoms with Crippen LogP contribution >= 0.6 is 11.8 Å². The first-order valence-electron chi connectivity index (χ1n) is 11.2. The number of allylic oxidation sites excluding steroid dienone is 4. The van der Waals surface area contributed by atoms with Crippen LogP contribution in [-0.4, -0.2) is 17.8 Å². The second kappa shape index (κ2) is 9.36. The van der Waals surface area contributed by atoms with E-state index in [0.29, 0.717) is 16.7 Å². The molecule has 2 unspecified atom stereocenters. The van der Waals surface area contributed by atoms with Crippen molar-refractivity contribution < 1.29 is 9.59 Å². The van der Waals surface area contributed by atoms with E-state index in [-0.39, 0.29) is 11.6 Å². The first-order valence-corrected chi connectivity index (χ1v) is 12.4. The fourth-order valence-corrected chi connectivity index (χ4v) is 5.18. The molecule has 0 aliphatic heterocycles. The average Bonchev–Trinajstić information content (AvgIpc) is 2.89. The molecule has 0 saturated carbocycles. The maximum Gasteiger partial charge on any atom is 0.193 e. The zero-order valence-corrected chi connectivity index (χ0v) is 20.1. The Kier molecular flexibility index (Phi) is 6.53. The van der Waals surface area contributed by atoms with E-state index in [1.807, 2.05) is 54.8 Å². The third-order valence-corrected chi connectivity index (χ3v) is 7.66. The van der Waals surface area contributed by atoms with Gasteiger partial charge in [-0.3, -0.25) is 9.59 Å². The summed E-state index contributed by atoms with van der Waals surface area (Å²) in [5.41, 5.74) is 1.06. The Hall–Kier alpha value is -3.17. The van der Waals surface area contributed by atoms with E-state index in [2.05, 4.69) is 44.2 Å². The fraction of sp³-hybridized carbons (Fsp3) is 0.200. The molecule has 4 rings (SSSR count). The molecule has 33 heavy (non-hydrogen) atoms. The predicted octanol–water partition coefficient (Wildman–Crippen LogP) is 7.30. The van der Waals surface area contributed by atoms with Crippen molar-refractivity contribution in [2.24, 2.45) is 5.41 Å². The molecule has 0 fully saturated rings. The van der Waals surface area contributed by atoms with Crippen molar-refractivity contribution in [2.45, 2.75) is 30.6 Å². The molecule has 1 aliphatic rings. The van der Waals surface area contributed by atoms with Crippen LogP contribution < -0.4 is 0 Å². The lowest BCUT2D eigenvalue weighted by Gasteiger charge is -2.46. The van der Waals surface area contributed by atoms with E-state index in [0.717, 1.165) is 16.9 Å². The van der Waals surface area contributed by atoms with E-state index in [1.165, 1.54) is 0 Å². The van der Waals surface area contributed by atoms with Crippen LogP contribution in [0.1, 0.15) is 52.1 Å². The molecule has 0 radical (unpaired) electrons. The first-order chi connectivity index (χ1) is 16.0. The number of hydrogen-bond donors (Lipinski definition) is 0. The van der Waals surface area contributed by atoms with Crippen LogP contribution in [0.25, 0.3) is 0 Å². The molecule has 0 aromatic heterocycles. The highest BCUT2D eigenvalue weighted by Gasteiger charge is 2.52. The summed E-state index contributed by atoms with van der Waals surface area (Å²) < 4.78 is 0. The second-order valence-electron chi connectivity index (χ2n) is 8.60. The lowest BCUT2D eigenvalue weighted by molar-refractivity contribution is 0.0808. The number of carbonyl (C=O) groups is 2. The summed E-state index contributed by atoms with van der Waals surface area (Å²) in [5, 5.41) is 0. The second-order valence-corrected chi connectivity index (χ2v) is 9.48. The number of ketones is 2. The van der Waals surface area contributed by atoms with Gasteiger partial charge in [-0.2, -0.15) is 0 Å². The van der Waals surface area contributed by atoms with Crippen molar-refractivity contribution in [3.05, 3.63) is 125 Å². The molecule has 0 heterocycles. The summed E-state index contributed by atoms with van der Waals surface area (Å²) >= 11 is 1.68. The molecule has 0 bridgehead atoms. The molecular formula is C30H28O2S. The van der Waals surface area contributed by atoms with Gasteiger partial charge in [0.2, 0.25) is 0 Å². The topological polar surface area (TPSA) is 34.1 Å². The number of benzene rings is 3. The van der Waals surface area contributed by atoms with Gasteiger partial charge in [0, 0.05) is 27.0 Å². The largest absolute Gasteiger partial charge is 0.293 e. The Morgan fingerprint density at radius 2 is 1.39 bits per heavy atom. The molecule has 0 N–H and O–H groups in total. The Bertz CT molecular complexity index is 1220. The minimum Gasteiger partial charge on any atom is -0.293 e. The van der Waals surface area contributed by atoms with Crippen molar-refractivity contribution in [1.29, 1.82) is 0 Å². The van der Waals surface area contributed by atoms with E-state index in [4.69, 9.17) is 0 Å². The highest BCUT2D eigenvalue weighted by Crippen LogP contribution is 2.51. The number of thioether (sulfide) groups is 1. The third-order valence-electron chi connectivity index (χ3n) is 6.91. The molecule has 0 saturated heterocycles. The van der Waals surface area contributed by atoms with Gasteiger partial charge in [0.1, 0.15) is 0 Å². The van der Waals surface area contributed by atoms with E-state index in [9.17, 15) is 9.59 Å². The van der Waals surface area contributed by atoms with Gasteiger partial charge < -0.3 is 0 Å². The van der Waals surface area contributed by atoms with Gasteiger partial charge in [-0.1, -0.05) is 105 Å². The van der Waals surface area contributed by atoms with Crippen LogP contribution in [0.4, 0.5) is 0 Å². The predicted molar refractivity (Wildman–Crippen MR) is 137 cm³/mol. The highest BCUT2D eigenvalue weighted by molar-refractivity contribution is 7.98. The molecule has 3 heteroatoms. The Morgan fingerprint density at radius 3 is 2.03 bits per heavy atom. The van der Waals surface area contributed by atoms with Gasteiger partial charge in [0.15, 0.2) is 11.6 Å². The molecule has 2 atom stereocenters. The molecule has 166 valence electrons. The highest BCUT2D eigenvalue weighted by atomic mass is 32.2. The Labute approximate surface area is 200 Å². The summed E-state index contributed by atoms with van der Waals surface area (Å²) in [6.07, 6.45) is 11.0. The molecule has 1 aliphatic carbocycles. The van der Waals surface area contributed by atoms with Crippen molar-refractivity contribution in [2.75, 3.05) is 6.26 Å². The first kappa shape index (κ1) is 23.0. The van der Waals surface area contributed by atoms with Crippen LogP contribution in [0.5, 0.6) is 0 Å².